The van der Waals surface area contributed by atoms with Crippen LogP contribution in [0.4, 0.5) is 5.69 Å². The van der Waals surface area contributed by atoms with Crippen molar-refractivity contribution in [3.63, 3.8) is 0 Å². The summed E-state index contributed by atoms with van der Waals surface area (Å²) in [6, 6.07) is 12.7. The second-order valence-corrected chi connectivity index (χ2v) is 23.6. The molecule has 27 heteroatoms. The maximum Gasteiger partial charge on any atom is 0.245 e. The van der Waals surface area contributed by atoms with Gasteiger partial charge in [0.1, 0.15) is 53.8 Å². The molecule has 0 saturated carbocycles. The molecule has 0 aliphatic carbocycles. The Morgan fingerprint density at radius 1 is 0.655 bits per heavy atom. The quantitative estimate of drug-likeness (QED) is 0.0403. The Morgan fingerprint density at radius 3 is 1.76 bits per heavy atom. The van der Waals surface area contributed by atoms with E-state index >= 15 is 0 Å². The largest absolute Gasteiger partial charge is 0.508 e. The Hall–Kier alpha value is -7.46. The lowest BCUT2D eigenvalue weighted by molar-refractivity contribution is -0.136. The van der Waals surface area contributed by atoms with Gasteiger partial charge in [-0.3, -0.25) is 43.2 Å². The van der Waals surface area contributed by atoms with Gasteiger partial charge in [-0.1, -0.05) is 81.7 Å². The number of unbranched alkanes of at least 4 members (excludes halogenated alkanes) is 1. The van der Waals surface area contributed by atoms with Crippen LogP contribution in [0, 0.1) is 0 Å². The van der Waals surface area contributed by atoms with Crippen molar-refractivity contribution < 1.29 is 58.5 Å². The number of benzene rings is 4. The minimum Gasteiger partial charge on any atom is -0.508 e. The number of phenols is 2. The zero-order valence-electron chi connectivity index (χ0n) is 46.1. The molecule has 0 spiro atoms. The molecule has 0 aromatic heterocycles. The number of nitrogens with two attached hydrogens (primary N) is 3. The number of aliphatic hydroxyl groups is 1. The molecule has 2 aliphatic heterocycles. The predicted molar refractivity (Wildman–Crippen MR) is 319 cm³/mol. The molecule has 9 amide bonds. The van der Waals surface area contributed by atoms with Crippen LogP contribution >= 0.6 is 33.2 Å². The molecule has 0 radical (unpaired) electrons. The lowest BCUT2D eigenvalue weighted by Gasteiger charge is -2.29. The normalized spacial score (nSPS) is 22.3. The van der Waals surface area contributed by atoms with Crippen LogP contribution in [-0.4, -0.2) is 154 Å². The highest BCUT2D eigenvalue weighted by Crippen LogP contribution is 2.25. The Kier molecular flexibility index (Phi) is 25.5. The van der Waals surface area contributed by atoms with E-state index in [2.05, 4.69) is 47.9 Å². The molecule has 4 aromatic carbocycles. The Morgan fingerprint density at radius 2 is 1.19 bits per heavy atom. The van der Waals surface area contributed by atoms with Crippen molar-refractivity contribution in [1.29, 1.82) is 0 Å². The molecule has 84 heavy (non-hydrogen) atoms. The van der Waals surface area contributed by atoms with Crippen molar-refractivity contribution in [2.45, 2.75) is 125 Å². The average molecular weight is 1220 g/mol. The molecule has 18 N–H and O–H groups in total. The fraction of sp³-hybridized carbons (Fsp3) is 0.421. The SMILES string of the molecule is C[C@@H](O)[C@@H]1NC(=O)[C@H](CCCCN)NC(=O)[C@@H](Cc2ccc(NC(=O)[C@@H]3CCCN3)cc2)NC(=O)[C@H](Cc2ccc(O)cc2)NC(=O)[C@H](NC(=O)[C@@H](N)Cc2ccc(Cl)cc2)CSSC[C@@H](C(=O)N[C@H](Cc2ccc(O)cc2)C(N)=O)NC1=O. The number of aliphatic hydroxyl groups excluding tert-OH is 1. The van der Waals surface area contributed by atoms with Crippen LogP contribution in [0.5, 0.6) is 11.5 Å². The van der Waals surface area contributed by atoms with E-state index in [9.17, 15) is 58.5 Å². The minimum absolute atomic E-state index is 0.0290. The number of rotatable bonds is 20. The number of aromatic hydroxyl groups is 2. The number of amides is 9. The first-order chi connectivity index (χ1) is 40.1. The molecule has 6 rings (SSSR count). The van der Waals surface area contributed by atoms with Crippen LogP contribution in [0.15, 0.2) is 97.1 Å². The fourth-order valence-electron chi connectivity index (χ4n) is 9.09. The third-order valence-corrected chi connectivity index (χ3v) is 16.6. The number of hydrogen-bond acceptors (Lipinski definition) is 17. The van der Waals surface area contributed by atoms with Crippen LogP contribution in [0.25, 0.3) is 0 Å². The molecule has 452 valence electrons. The summed E-state index contributed by atoms with van der Waals surface area (Å²) in [4.78, 5) is 127. The zero-order valence-corrected chi connectivity index (χ0v) is 48.5. The summed E-state index contributed by atoms with van der Waals surface area (Å²) in [5.41, 5.74) is 20.6. The van der Waals surface area contributed by atoms with Crippen molar-refractivity contribution in [1.82, 2.24) is 42.5 Å². The highest BCUT2D eigenvalue weighted by molar-refractivity contribution is 8.76. The second-order valence-electron chi connectivity index (χ2n) is 20.6. The van der Waals surface area contributed by atoms with Crippen LogP contribution < -0.4 is 65.1 Å². The van der Waals surface area contributed by atoms with Crippen molar-refractivity contribution in [2.75, 3.05) is 29.9 Å². The number of carbonyl (C=O) groups is 9. The maximum absolute atomic E-state index is 14.9. The number of primary amides is 1. The number of carbonyl (C=O) groups excluding carboxylic acids is 9. The standard InChI is InChI=1S/C57H73ClN12O12S2/c1-31(71)48-57(82)69-47(55(80)65-43(49(61)74)26-34-11-19-38(72)20-12-34)30-84-83-29-46(68-50(75)40(60)25-32-7-15-36(58)16-8-32)56(81)67-45(28-35-13-21-39(73)22-14-35)54(79)66-44(53(78)64-42(52(77)70-48)5-2-3-23-59)27-33-9-17-37(18-10-33)63-51(76)41-6-4-24-62-41/h7-22,31,40-48,62,71-73H,2-6,23-30,59-60H2,1H3,(H2,61,74)(H,63,76)(H,64,78)(H,65,80)(H,66,79)(H,67,81)(H,68,75)(H,69,82)(H,70,77)/t31-,40+,41+,42+,43-,44-,45+,46-,47+,48+/m1/s1. The van der Waals surface area contributed by atoms with E-state index in [-0.39, 0.29) is 80.0 Å². The molecular weight excluding hydrogens is 1140 g/mol. The van der Waals surface area contributed by atoms with Gasteiger partial charge in [-0.15, -0.1) is 0 Å². The number of anilines is 1. The van der Waals surface area contributed by atoms with E-state index in [1.165, 1.54) is 55.5 Å². The van der Waals surface area contributed by atoms with Gasteiger partial charge in [0.15, 0.2) is 0 Å². The maximum atomic E-state index is 14.9. The molecule has 10 atom stereocenters. The molecule has 2 heterocycles. The third-order valence-electron chi connectivity index (χ3n) is 13.9. The first-order valence-electron chi connectivity index (χ1n) is 27.4. The minimum atomic E-state index is -1.76. The van der Waals surface area contributed by atoms with Crippen molar-refractivity contribution >= 4 is 92.0 Å². The number of nitrogens with one attached hydrogen (secondary N) is 9. The van der Waals surface area contributed by atoms with Crippen molar-refractivity contribution in [2.24, 2.45) is 17.2 Å². The predicted octanol–water partition coefficient (Wildman–Crippen LogP) is -0.177. The average Bonchev–Trinajstić information content (AvgIpc) is 4.17. The monoisotopic (exact) mass is 1220 g/mol. The van der Waals surface area contributed by atoms with Crippen LogP contribution in [0.2, 0.25) is 5.02 Å². The van der Waals surface area contributed by atoms with Crippen molar-refractivity contribution in [3.05, 3.63) is 124 Å². The summed E-state index contributed by atoms with van der Waals surface area (Å²) in [7, 11) is 1.92. The summed E-state index contributed by atoms with van der Waals surface area (Å²) in [6.07, 6.45) is 0.0332. The Balaban J connectivity index is 1.38. The van der Waals surface area contributed by atoms with Gasteiger partial charge >= 0.3 is 0 Å². The van der Waals surface area contributed by atoms with Gasteiger partial charge in [0.05, 0.1) is 18.2 Å². The fourth-order valence-corrected chi connectivity index (χ4v) is 11.5. The molecule has 2 aliphatic rings. The topological polar surface area (TPSA) is 401 Å². The molecule has 0 unspecified atom stereocenters. The molecule has 2 saturated heterocycles. The smallest absolute Gasteiger partial charge is 0.245 e. The highest BCUT2D eigenvalue weighted by Gasteiger charge is 2.37. The van der Waals surface area contributed by atoms with E-state index < -0.39 is 102 Å². The molecule has 24 nitrogen and oxygen atoms in total. The van der Waals surface area contributed by atoms with E-state index in [1.807, 2.05) is 0 Å². The number of phenolic OH excluding ortho intramolecular Hbond substituents is 2. The van der Waals surface area contributed by atoms with Gasteiger partial charge in [0.2, 0.25) is 53.2 Å². The van der Waals surface area contributed by atoms with Gasteiger partial charge in [-0.25, -0.2) is 0 Å². The third kappa shape index (κ3) is 20.7. The van der Waals surface area contributed by atoms with Crippen LogP contribution in [0.3, 0.4) is 0 Å². The van der Waals surface area contributed by atoms with Gasteiger partial charge in [0, 0.05) is 41.5 Å². The van der Waals surface area contributed by atoms with Gasteiger partial charge < -0.3 is 80.4 Å². The van der Waals surface area contributed by atoms with Gasteiger partial charge in [-0.2, -0.15) is 0 Å². The summed E-state index contributed by atoms with van der Waals surface area (Å²) in [5.74, 6) is -8.16. The van der Waals surface area contributed by atoms with Crippen molar-refractivity contribution in [3.8, 4) is 11.5 Å². The highest BCUT2D eigenvalue weighted by atomic mass is 35.5. The van der Waals surface area contributed by atoms with E-state index in [0.717, 1.165) is 28.0 Å². The molecular formula is C57H73ClN12O12S2. The van der Waals surface area contributed by atoms with Gasteiger partial charge in [0.25, 0.3) is 0 Å². The first kappa shape index (κ1) is 65.7. The van der Waals surface area contributed by atoms with Crippen LogP contribution in [0.1, 0.15) is 61.3 Å². The first-order valence-corrected chi connectivity index (χ1v) is 30.3. The second kappa shape index (κ2) is 32.6. The van der Waals surface area contributed by atoms with E-state index in [4.69, 9.17) is 28.8 Å². The molecule has 0 bridgehead atoms. The lowest BCUT2D eigenvalue weighted by atomic mass is 10.0. The van der Waals surface area contributed by atoms with E-state index in [1.54, 1.807) is 48.5 Å². The Labute approximate surface area is 498 Å². The molecule has 4 aromatic rings. The summed E-state index contributed by atoms with van der Waals surface area (Å²) >= 11 is 6.09. The number of hydrogen-bond donors (Lipinski definition) is 15. The summed E-state index contributed by atoms with van der Waals surface area (Å²) in [6.45, 7) is 2.14. The summed E-state index contributed by atoms with van der Waals surface area (Å²) < 4.78 is 0. The Bertz CT molecular complexity index is 2910. The van der Waals surface area contributed by atoms with Gasteiger partial charge in [-0.05, 0) is 129 Å². The van der Waals surface area contributed by atoms with Crippen LogP contribution in [-0.2, 0) is 68.8 Å². The van der Waals surface area contributed by atoms with E-state index in [0.29, 0.717) is 52.4 Å². The lowest BCUT2D eigenvalue weighted by Crippen LogP contribution is -2.62. The number of halogens is 1. The summed E-state index contributed by atoms with van der Waals surface area (Å²) in [5, 5.41) is 56.1. The molecule has 2 fully saturated rings. The zero-order chi connectivity index (χ0) is 60.9.